The molecule has 0 saturated heterocycles. The van der Waals surface area contributed by atoms with E-state index in [9.17, 15) is 14.4 Å². The standard InChI is InChI=1S/C30H45N3O4S/c1-4-6-8-10-11-12-13-15-27(34)33-25(29(35)31-20-14-9-7-5-2)21-28-32-22-26(38-28)23-16-18-24(19-17-23)30(36)37-3/h16-19,22,25H,4-15,20-21H2,1-3H3,(H,31,35)(H,33,34). The van der Waals surface area contributed by atoms with Crippen LogP contribution in [0.2, 0.25) is 0 Å². The minimum Gasteiger partial charge on any atom is -0.465 e. The molecule has 1 aromatic heterocycles. The van der Waals surface area contributed by atoms with Crippen LogP contribution in [0.15, 0.2) is 30.5 Å². The van der Waals surface area contributed by atoms with Crippen LogP contribution in [0, 0.1) is 0 Å². The maximum Gasteiger partial charge on any atom is 0.337 e. The number of unbranched alkanes of at least 4 members (excludes halogenated alkanes) is 9. The highest BCUT2D eigenvalue weighted by molar-refractivity contribution is 7.15. The van der Waals surface area contributed by atoms with Crippen LogP contribution in [-0.4, -0.2) is 42.5 Å². The van der Waals surface area contributed by atoms with Crippen LogP contribution < -0.4 is 10.6 Å². The van der Waals surface area contributed by atoms with E-state index < -0.39 is 6.04 Å². The van der Waals surface area contributed by atoms with Gasteiger partial charge < -0.3 is 15.4 Å². The van der Waals surface area contributed by atoms with Crippen molar-refractivity contribution in [1.82, 2.24) is 15.6 Å². The summed E-state index contributed by atoms with van der Waals surface area (Å²) in [4.78, 5) is 42.9. The lowest BCUT2D eigenvalue weighted by atomic mass is 10.1. The number of hydrogen-bond acceptors (Lipinski definition) is 6. The molecule has 0 aliphatic heterocycles. The van der Waals surface area contributed by atoms with E-state index >= 15 is 0 Å². The summed E-state index contributed by atoms with van der Waals surface area (Å²) < 4.78 is 4.76. The molecule has 1 atom stereocenters. The minimum absolute atomic E-state index is 0.0835. The van der Waals surface area contributed by atoms with Gasteiger partial charge in [0.25, 0.3) is 0 Å². The van der Waals surface area contributed by atoms with Crippen LogP contribution in [0.1, 0.15) is 106 Å². The van der Waals surface area contributed by atoms with Crippen LogP contribution in [0.4, 0.5) is 0 Å². The fraction of sp³-hybridized carbons (Fsp3) is 0.600. The van der Waals surface area contributed by atoms with Gasteiger partial charge in [0.2, 0.25) is 11.8 Å². The molecule has 0 bridgehead atoms. The Kier molecular flexibility index (Phi) is 15.3. The number of hydrogen-bond donors (Lipinski definition) is 2. The molecule has 0 spiro atoms. The van der Waals surface area contributed by atoms with Gasteiger partial charge in [-0.3, -0.25) is 9.59 Å². The molecular weight excluding hydrogens is 498 g/mol. The first-order valence-electron chi connectivity index (χ1n) is 14.2. The molecule has 210 valence electrons. The number of rotatable bonds is 19. The molecule has 7 nitrogen and oxygen atoms in total. The van der Waals surface area contributed by atoms with Gasteiger partial charge >= 0.3 is 5.97 Å². The largest absolute Gasteiger partial charge is 0.465 e. The summed E-state index contributed by atoms with van der Waals surface area (Å²) in [6.07, 6.45) is 14.9. The number of esters is 1. The monoisotopic (exact) mass is 543 g/mol. The second-order valence-corrected chi connectivity index (χ2v) is 10.8. The summed E-state index contributed by atoms with van der Waals surface area (Å²) in [5, 5.41) is 6.75. The summed E-state index contributed by atoms with van der Waals surface area (Å²) in [5.41, 5.74) is 1.42. The second kappa shape index (κ2) is 18.5. The normalized spacial score (nSPS) is 11.7. The zero-order valence-electron chi connectivity index (χ0n) is 23.4. The SMILES string of the molecule is CCCCCCCCCC(=O)NC(Cc1ncc(-c2ccc(C(=O)OC)cc2)s1)C(=O)NCCCCCC. The van der Waals surface area contributed by atoms with Gasteiger partial charge in [-0.25, -0.2) is 9.78 Å². The third-order valence-corrected chi connectivity index (χ3v) is 7.58. The molecule has 1 aromatic carbocycles. The molecule has 0 radical (unpaired) electrons. The van der Waals surface area contributed by atoms with E-state index in [2.05, 4.69) is 29.5 Å². The third-order valence-electron chi connectivity index (χ3n) is 6.51. The van der Waals surface area contributed by atoms with Crippen molar-refractivity contribution in [1.29, 1.82) is 0 Å². The van der Waals surface area contributed by atoms with Crippen LogP contribution >= 0.6 is 11.3 Å². The lowest BCUT2D eigenvalue weighted by Gasteiger charge is -2.18. The highest BCUT2D eigenvalue weighted by Gasteiger charge is 2.22. The number of nitrogens with zero attached hydrogens (tertiary/aromatic N) is 1. The van der Waals surface area contributed by atoms with Crippen LogP contribution in [-0.2, 0) is 20.7 Å². The lowest BCUT2D eigenvalue weighted by molar-refractivity contribution is -0.129. The fourth-order valence-electron chi connectivity index (χ4n) is 4.21. The maximum absolute atomic E-state index is 13.0. The predicted molar refractivity (Wildman–Crippen MR) is 154 cm³/mol. The van der Waals surface area contributed by atoms with Crippen molar-refractivity contribution in [2.45, 2.75) is 103 Å². The Bertz CT molecular complexity index is 974. The van der Waals surface area contributed by atoms with Crippen molar-refractivity contribution < 1.29 is 19.1 Å². The second-order valence-electron chi connectivity index (χ2n) is 9.73. The van der Waals surface area contributed by atoms with Crippen LogP contribution in [0.5, 0.6) is 0 Å². The first kappa shape index (κ1) is 31.5. The number of benzene rings is 1. The van der Waals surface area contributed by atoms with Crippen molar-refractivity contribution in [2.24, 2.45) is 0 Å². The van der Waals surface area contributed by atoms with E-state index in [1.54, 1.807) is 18.3 Å². The molecule has 8 heteroatoms. The summed E-state index contributed by atoms with van der Waals surface area (Å²) in [6, 6.07) is 6.50. The van der Waals surface area contributed by atoms with Crippen molar-refractivity contribution in [3.05, 3.63) is 41.0 Å². The van der Waals surface area contributed by atoms with Gasteiger partial charge in [-0.15, -0.1) is 11.3 Å². The van der Waals surface area contributed by atoms with E-state index in [1.807, 2.05) is 12.1 Å². The van der Waals surface area contributed by atoms with E-state index in [0.29, 0.717) is 24.9 Å². The Morgan fingerprint density at radius 2 is 1.53 bits per heavy atom. The Hall–Kier alpha value is -2.74. The number of carbonyl (C=O) groups is 3. The average Bonchev–Trinajstić information content (AvgIpc) is 3.40. The number of methoxy groups -OCH3 is 1. The molecule has 0 fully saturated rings. The van der Waals surface area contributed by atoms with Crippen molar-refractivity contribution in [2.75, 3.05) is 13.7 Å². The van der Waals surface area contributed by atoms with Crippen LogP contribution in [0.3, 0.4) is 0 Å². The van der Waals surface area contributed by atoms with Gasteiger partial charge in [-0.05, 0) is 30.5 Å². The Balaban J connectivity index is 1.96. The molecule has 0 saturated carbocycles. The highest BCUT2D eigenvalue weighted by atomic mass is 32.1. The summed E-state index contributed by atoms with van der Waals surface area (Å²) in [7, 11) is 1.36. The van der Waals surface area contributed by atoms with E-state index in [-0.39, 0.29) is 17.8 Å². The molecule has 1 unspecified atom stereocenters. The Morgan fingerprint density at radius 1 is 0.895 bits per heavy atom. The van der Waals surface area contributed by atoms with E-state index in [4.69, 9.17) is 4.74 Å². The summed E-state index contributed by atoms with van der Waals surface area (Å²) in [6.45, 7) is 4.97. The van der Waals surface area contributed by atoms with E-state index in [0.717, 1.165) is 60.4 Å². The van der Waals surface area contributed by atoms with Gasteiger partial charge in [-0.2, -0.15) is 0 Å². The zero-order chi connectivity index (χ0) is 27.6. The average molecular weight is 544 g/mol. The van der Waals surface area contributed by atoms with Crippen LogP contribution in [0.25, 0.3) is 10.4 Å². The molecule has 0 aliphatic carbocycles. The zero-order valence-corrected chi connectivity index (χ0v) is 24.2. The molecule has 2 amide bonds. The summed E-state index contributed by atoms with van der Waals surface area (Å²) in [5.74, 6) is -0.620. The number of ether oxygens (including phenoxy) is 1. The van der Waals surface area contributed by atoms with Gasteiger partial charge in [0, 0.05) is 25.6 Å². The fourth-order valence-corrected chi connectivity index (χ4v) is 5.17. The van der Waals surface area contributed by atoms with Crippen molar-refractivity contribution >= 4 is 29.1 Å². The smallest absolute Gasteiger partial charge is 0.337 e. The topological polar surface area (TPSA) is 97.4 Å². The third kappa shape index (κ3) is 11.8. The first-order chi connectivity index (χ1) is 18.5. The quantitative estimate of drug-likeness (QED) is 0.157. The number of thiazole rings is 1. The lowest BCUT2D eigenvalue weighted by Crippen LogP contribution is -2.48. The molecule has 2 N–H and O–H groups in total. The first-order valence-corrected chi connectivity index (χ1v) is 15.0. The minimum atomic E-state index is -0.654. The summed E-state index contributed by atoms with van der Waals surface area (Å²) >= 11 is 1.49. The van der Waals surface area contributed by atoms with Gasteiger partial charge in [0.1, 0.15) is 6.04 Å². The Labute approximate surface area is 232 Å². The van der Waals surface area contributed by atoms with Gasteiger partial charge in [-0.1, -0.05) is 83.8 Å². The number of aromatic nitrogens is 1. The maximum atomic E-state index is 13.0. The molecule has 1 heterocycles. The van der Waals surface area contributed by atoms with Gasteiger partial charge in [0.15, 0.2) is 0 Å². The van der Waals surface area contributed by atoms with E-state index in [1.165, 1.54) is 44.1 Å². The molecule has 2 aromatic rings. The molecule has 38 heavy (non-hydrogen) atoms. The molecule has 0 aliphatic rings. The number of amides is 2. The molecular formula is C30H45N3O4S. The van der Waals surface area contributed by atoms with Gasteiger partial charge in [0.05, 0.1) is 22.6 Å². The predicted octanol–water partition coefficient (Wildman–Crippen LogP) is 6.46. The number of nitrogens with one attached hydrogen (secondary N) is 2. The highest BCUT2D eigenvalue weighted by Crippen LogP contribution is 2.27. The van der Waals surface area contributed by atoms with Crippen molar-refractivity contribution in [3.63, 3.8) is 0 Å². The van der Waals surface area contributed by atoms with Crippen molar-refractivity contribution in [3.8, 4) is 10.4 Å². The Morgan fingerprint density at radius 3 is 2.18 bits per heavy atom. The molecule has 2 rings (SSSR count). The number of carbonyl (C=O) groups excluding carboxylic acids is 3.